The Morgan fingerprint density at radius 3 is 1.04 bits per heavy atom. The molecule has 3 amide bonds. The van der Waals surface area contributed by atoms with Crippen molar-refractivity contribution in [2.45, 2.75) is 60.3 Å². The van der Waals surface area contributed by atoms with Gasteiger partial charge in [0.25, 0.3) is 0 Å². The molecule has 0 aliphatic rings. The van der Waals surface area contributed by atoms with Crippen LogP contribution in [0.3, 0.4) is 0 Å². The van der Waals surface area contributed by atoms with Crippen molar-refractivity contribution in [3.63, 3.8) is 0 Å². The first kappa shape index (κ1) is 90.1. The van der Waals surface area contributed by atoms with Crippen molar-refractivity contribution in [3.05, 3.63) is 254 Å². The summed E-state index contributed by atoms with van der Waals surface area (Å²) in [6.45, 7) is 9.16. The zero-order valence-electron chi connectivity index (χ0n) is 73.0. The number of H-pyrrole nitrogens is 6. The third kappa shape index (κ3) is 21.1. The fraction of sp³-hybridized carbons (Fsp3) is 0.179. The summed E-state index contributed by atoms with van der Waals surface area (Å²) in [7, 11) is -9.63. The van der Waals surface area contributed by atoms with Crippen LogP contribution >= 0.6 is 0 Å². The Morgan fingerprint density at radius 2 is 0.701 bits per heavy atom. The van der Waals surface area contributed by atoms with Gasteiger partial charge in [0, 0.05) is 136 Å². The van der Waals surface area contributed by atoms with Gasteiger partial charge in [-0.1, -0.05) is 83.1 Å². The number of aryl methyl sites for hydroxylation is 3. The van der Waals surface area contributed by atoms with Crippen LogP contribution < -0.4 is 16.0 Å². The van der Waals surface area contributed by atoms with Crippen LogP contribution in [0, 0.1) is 28.8 Å². The van der Waals surface area contributed by atoms with Crippen molar-refractivity contribution >= 4 is 130 Å². The van der Waals surface area contributed by atoms with Crippen LogP contribution in [0.1, 0.15) is 56.9 Å². The summed E-state index contributed by atoms with van der Waals surface area (Å²) in [5, 5.41) is 32.9. The topological polar surface area (TPSA) is 478 Å². The summed E-state index contributed by atoms with van der Waals surface area (Å²) in [5.74, 6) is -0.795. The monoisotopic (exact) mass is 1860 g/mol. The predicted octanol–water partition coefficient (Wildman–Crippen LogP) is 15.8. The molecule has 0 saturated carbocycles. The highest BCUT2D eigenvalue weighted by Crippen LogP contribution is 2.39. The Kier molecular flexibility index (Phi) is 25.0. The zero-order valence-corrected chi connectivity index (χ0v) is 75.4. The van der Waals surface area contributed by atoms with Gasteiger partial charge in [0.05, 0.1) is 127 Å². The summed E-state index contributed by atoms with van der Waals surface area (Å²) in [6.07, 6.45) is 28.9. The molecule has 0 aliphatic heterocycles. The van der Waals surface area contributed by atoms with E-state index in [1.165, 1.54) is 36.4 Å². The Morgan fingerprint density at radius 1 is 0.373 bits per heavy atom. The van der Waals surface area contributed by atoms with Crippen molar-refractivity contribution in [3.8, 4) is 101 Å². The lowest BCUT2D eigenvalue weighted by atomic mass is 9.95. The van der Waals surface area contributed by atoms with Gasteiger partial charge in [-0.25, -0.2) is 68.3 Å². The molecular formula is C95H83F3N24O9S3. The highest BCUT2D eigenvalue weighted by Gasteiger charge is 2.26. The number of anilines is 3. The number of benzene rings is 4. The minimum absolute atomic E-state index is 0.0826. The lowest BCUT2D eigenvalue weighted by Gasteiger charge is -2.17. The van der Waals surface area contributed by atoms with Crippen molar-refractivity contribution in [1.82, 2.24) is 105 Å². The van der Waals surface area contributed by atoms with Gasteiger partial charge in [0.2, 0.25) is 17.7 Å². The molecule has 0 fully saturated rings. The largest absolute Gasteiger partial charge is 0.335 e. The molecule has 0 unspecified atom stereocenters. The van der Waals surface area contributed by atoms with Crippen LogP contribution in [0.4, 0.5) is 30.2 Å². The standard InChI is InChI=1S/C34H27FN8O3S.C31H29FN8O3S.C30H27FN8O3S/c1-47(45,46)8-7-21-9-22(12-25(35)10-21)28-18-37-19-29-31(28)41-34(40-29)32-27-14-24(16-38-33(27)43-42-32)23-13-26(17-36-15-23)39-30(44)11-20-5-3-2-4-6-20;1-31(2,3)30(41)36-22-10-19(12-33-14-22)20-11-23-27(39-40-28(23)35-13-20)29-37-25-16-34-15-24(26(25)38-29)18-7-17(8-21(32)9-18)5-6-44(4,42)43;1-16(2)30(40)35-22-9-19(11-32-13-22)20-10-23-27(38-39-28(23)34-12-20)29-36-25-15-33-14-24(26(25)37-29)18-6-17(7-21(31)8-18)4-5-43(3,41)42/h2-6,9-10,12-19H,7-8,11H2,1H3,(H,39,44)(H,40,41)(H,38,42,43);7-16H,5-6H2,1-4H3,(H,36,41)(H,37,38)(H,35,39,40);6-16H,4-5H2,1-3H3,(H,35,40)(H,36,37)(H,34,38,39). The zero-order chi connectivity index (χ0) is 94.1. The fourth-order valence-electron chi connectivity index (χ4n) is 14.9. The number of halogens is 3. The molecule has 676 valence electrons. The SMILES string of the molecule is CC(C)(C)C(=O)Nc1cncc(-c2cnc3n[nH]c(-c4nc5c(-c6cc(F)cc(CCS(C)(=O)=O)c6)cncc5[nH]4)c3c2)c1.CC(C)C(=O)Nc1cncc(-c2cnc3n[nH]c(-c4nc5c(-c6cc(F)cc(CCS(C)(=O)=O)c6)cncc5[nH]4)c3c2)c1.CS(=O)(=O)CCc1cc(F)cc(-c2cncc3[nH]c(-c4[nH]nc5ncc(-c6cncc(NC(=O)Cc7ccccc7)c6)cc45)nc23)c1. The van der Waals surface area contributed by atoms with Gasteiger partial charge < -0.3 is 30.9 Å². The number of nitrogens with zero attached hydrogens (tertiary/aromatic N) is 15. The van der Waals surface area contributed by atoms with E-state index in [4.69, 9.17) is 15.0 Å². The molecule has 33 nitrogen and oxygen atoms in total. The van der Waals surface area contributed by atoms with E-state index >= 15 is 0 Å². The van der Waals surface area contributed by atoms with Crippen LogP contribution in [0.25, 0.3) is 168 Å². The third-order valence-corrected chi connectivity index (χ3v) is 24.5. The van der Waals surface area contributed by atoms with Gasteiger partial charge in [-0.2, -0.15) is 15.3 Å². The number of pyridine rings is 9. The number of carbonyl (C=O) groups is 3. The van der Waals surface area contributed by atoms with E-state index in [-0.39, 0.29) is 66.6 Å². The van der Waals surface area contributed by atoms with Crippen molar-refractivity contribution in [2.75, 3.05) is 52.0 Å². The Bertz CT molecular complexity index is 8180. The van der Waals surface area contributed by atoms with E-state index < -0.39 is 52.4 Å². The average molecular weight is 1860 g/mol. The van der Waals surface area contributed by atoms with Crippen LogP contribution in [0.5, 0.6) is 0 Å². The van der Waals surface area contributed by atoms with Crippen LogP contribution in [0.2, 0.25) is 0 Å². The second kappa shape index (κ2) is 37.2. The van der Waals surface area contributed by atoms with Gasteiger partial charge in [-0.05, 0) is 131 Å². The number of amides is 3. The minimum Gasteiger partial charge on any atom is -0.335 e. The number of fused-ring (bicyclic) bond motifs is 6. The van der Waals surface area contributed by atoms with E-state index in [1.54, 1.807) is 111 Å². The van der Waals surface area contributed by atoms with Gasteiger partial charge in [0.1, 0.15) is 64.0 Å². The number of rotatable bonds is 24. The minimum atomic E-state index is -3.21. The number of sulfone groups is 3. The molecule has 4 aromatic carbocycles. The van der Waals surface area contributed by atoms with Crippen molar-refractivity contribution in [1.29, 1.82) is 0 Å². The maximum absolute atomic E-state index is 14.6. The molecule has 19 rings (SSSR count). The lowest BCUT2D eigenvalue weighted by Crippen LogP contribution is -2.27. The number of carbonyl (C=O) groups excluding carboxylic acids is 3. The van der Waals surface area contributed by atoms with E-state index in [0.717, 1.165) is 57.7 Å². The summed E-state index contributed by atoms with van der Waals surface area (Å²) in [6, 6.07) is 34.2. The first-order chi connectivity index (χ1) is 64.1. The average Bonchev–Trinajstić information content (AvgIpc) is 1.62. The molecule has 15 aromatic heterocycles. The second-order valence-electron chi connectivity index (χ2n) is 33.7. The van der Waals surface area contributed by atoms with Crippen LogP contribution in [-0.4, -0.2) is 184 Å². The van der Waals surface area contributed by atoms with Crippen molar-refractivity contribution in [2.24, 2.45) is 11.3 Å². The maximum atomic E-state index is 14.6. The van der Waals surface area contributed by atoms with Gasteiger partial charge in [-0.15, -0.1) is 0 Å². The molecule has 0 aliphatic carbocycles. The quantitative estimate of drug-likeness (QED) is 0.0271. The van der Waals surface area contributed by atoms with Gasteiger partial charge >= 0.3 is 0 Å². The molecule has 0 radical (unpaired) electrons. The van der Waals surface area contributed by atoms with E-state index in [2.05, 4.69) is 106 Å². The Hall–Kier alpha value is -15.9. The molecule has 0 bridgehead atoms. The number of aromatic nitrogens is 21. The molecule has 15 heterocycles. The maximum Gasteiger partial charge on any atom is 0.229 e. The lowest BCUT2D eigenvalue weighted by molar-refractivity contribution is -0.123. The molecule has 19 aromatic rings. The highest BCUT2D eigenvalue weighted by atomic mass is 32.2. The smallest absolute Gasteiger partial charge is 0.229 e. The van der Waals surface area contributed by atoms with Gasteiger partial charge in [0.15, 0.2) is 34.4 Å². The third-order valence-electron chi connectivity index (χ3n) is 21.6. The van der Waals surface area contributed by atoms with E-state index in [1.807, 2.05) is 101 Å². The van der Waals surface area contributed by atoms with Crippen LogP contribution in [-0.2, 0) is 69.6 Å². The Balaban J connectivity index is 0.000000140. The van der Waals surface area contributed by atoms with E-state index in [9.17, 15) is 52.8 Å². The number of hydrogen-bond acceptors (Lipinski definition) is 24. The predicted molar refractivity (Wildman–Crippen MR) is 507 cm³/mol. The molecule has 0 spiro atoms. The molecule has 39 heteroatoms. The first-order valence-corrected chi connectivity index (χ1v) is 48.0. The first-order valence-electron chi connectivity index (χ1n) is 41.9. The highest BCUT2D eigenvalue weighted by molar-refractivity contribution is 7.91. The molecule has 0 saturated heterocycles. The number of aromatic amines is 6. The molecular weight excluding hydrogens is 1770 g/mol. The number of imidazole rings is 3. The van der Waals surface area contributed by atoms with Crippen molar-refractivity contribution < 1.29 is 52.8 Å². The van der Waals surface area contributed by atoms with E-state index in [0.29, 0.717) is 168 Å². The number of nitrogens with one attached hydrogen (secondary N) is 9. The Labute approximate surface area is 762 Å². The fourth-order valence-corrected chi connectivity index (χ4v) is 16.7. The summed E-state index contributed by atoms with van der Waals surface area (Å²) < 4.78 is 114. The second-order valence-corrected chi connectivity index (χ2v) is 40.5. The number of hydrogen-bond donors (Lipinski definition) is 9. The molecule has 9 N–H and O–H groups in total. The normalized spacial score (nSPS) is 11.9. The van der Waals surface area contributed by atoms with Crippen LogP contribution in [0.15, 0.2) is 214 Å². The van der Waals surface area contributed by atoms with Gasteiger partial charge in [-0.3, -0.25) is 59.6 Å². The summed E-state index contributed by atoms with van der Waals surface area (Å²) in [4.78, 5) is 101. The summed E-state index contributed by atoms with van der Waals surface area (Å²) >= 11 is 0. The molecule has 0 atom stereocenters. The summed E-state index contributed by atoms with van der Waals surface area (Å²) in [5.41, 5.74) is 18.5. The molecule has 134 heavy (non-hydrogen) atoms.